The van der Waals surface area contributed by atoms with Crippen LogP contribution in [0.1, 0.15) is 10.4 Å². The minimum absolute atomic E-state index is 0. The summed E-state index contributed by atoms with van der Waals surface area (Å²) >= 11 is 0. The first-order valence-electron chi connectivity index (χ1n) is 9.53. The molecular formula is C25H16AuF5O2P. The van der Waals surface area contributed by atoms with Crippen LogP contribution >= 0.6 is 7.92 Å². The average Bonchev–Trinajstić information content (AvgIpc) is 2.84. The molecule has 4 rings (SSSR count). The van der Waals surface area contributed by atoms with E-state index in [4.69, 9.17) is 5.11 Å². The Morgan fingerprint density at radius 1 is 0.529 bits per heavy atom. The van der Waals surface area contributed by atoms with Crippen LogP contribution in [0.25, 0.3) is 0 Å². The smallest absolute Gasteiger partial charge is 0.341 e. The molecule has 0 aliphatic carbocycles. The molecule has 0 unspecified atom stereocenters. The van der Waals surface area contributed by atoms with E-state index in [-0.39, 0.29) is 22.4 Å². The van der Waals surface area contributed by atoms with Gasteiger partial charge in [-0.15, -0.1) is 0 Å². The zero-order chi connectivity index (χ0) is 24.0. The molecule has 0 fully saturated rings. The molecule has 0 saturated heterocycles. The molecule has 0 atom stereocenters. The van der Waals surface area contributed by atoms with Crippen molar-refractivity contribution in [3.05, 3.63) is 126 Å². The van der Waals surface area contributed by atoms with E-state index in [9.17, 15) is 26.7 Å². The number of aromatic carboxylic acids is 1. The molecule has 4 aromatic carbocycles. The minimum Gasteiger partial charge on any atom is -0.477 e. The Morgan fingerprint density at radius 2 is 0.794 bits per heavy atom. The van der Waals surface area contributed by atoms with Crippen molar-refractivity contribution in [2.24, 2.45) is 0 Å². The largest absolute Gasteiger partial charge is 0.477 e. The van der Waals surface area contributed by atoms with Crippen LogP contribution in [0, 0.1) is 29.1 Å². The second-order valence-corrected chi connectivity index (χ2v) is 8.81. The van der Waals surface area contributed by atoms with E-state index in [2.05, 4.69) is 91.0 Å². The molecule has 0 bridgehead atoms. The number of rotatable bonds is 4. The van der Waals surface area contributed by atoms with Crippen molar-refractivity contribution in [3.8, 4) is 0 Å². The first-order valence-corrected chi connectivity index (χ1v) is 10.9. The van der Waals surface area contributed by atoms with E-state index in [1.54, 1.807) is 0 Å². The molecule has 2 nitrogen and oxygen atoms in total. The molecular weight excluding hydrogens is 655 g/mol. The molecule has 0 aliphatic heterocycles. The number of carboxylic acid groups (broad SMARTS) is 1. The molecule has 0 aliphatic rings. The van der Waals surface area contributed by atoms with Gasteiger partial charge in [0, 0.05) is 22.4 Å². The third-order valence-electron chi connectivity index (χ3n) is 4.47. The maximum absolute atomic E-state index is 12.6. The van der Waals surface area contributed by atoms with Crippen molar-refractivity contribution in [2.45, 2.75) is 0 Å². The molecule has 0 spiro atoms. The first kappa shape index (κ1) is 27.4. The van der Waals surface area contributed by atoms with E-state index in [1.165, 1.54) is 15.9 Å². The molecule has 1 N–H and O–H groups in total. The monoisotopic (exact) mass is 671 g/mol. The van der Waals surface area contributed by atoms with Gasteiger partial charge in [-0.2, -0.15) is 0 Å². The Kier molecular flexibility index (Phi) is 10.1. The minimum atomic E-state index is -2.38. The maximum Gasteiger partial charge on any atom is 0.341 e. The van der Waals surface area contributed by atoms with Gasteiger partial charge in [0.15, 0.2) is 23.3 Å². The van der Waals surface area contributed by atoms with Crippen LogP contribution in [0.15, 0.2) is 91.0 Å². The summed E-state index contributed by atoms with van der Waals surface area (Å²) in [6, 6.07) is 32.3. The van der Waals surface area contributed by atoms with Crippen molar-refractivity contribution in [1.29, 1.82) is 0 Å². The fraction of sp³-hybridized carbons (Fsp3) is 0. The van der Waals surface area contributed by atoms with Crippen molar-refractivity contribution >= 4 is 29.8 Å². The zero-order valence-corrected chi connectivity index (χ0v) is 20.2. The number of carbonyl (C=O) groups is 1. The van der Waals surface area contributed by atoms with Crippen molar-refractivity contribution < 1.29 is 54.2 Å². The summed E-state index contributed by atoms with van der Waals surface area (Å²) in [5.74, 6) is -13.9. The number of hydrogen-bond acceptors (Lipinski definition) is 1. The van der Waals surface area contributed by atoms with Gasteiger partial charge >= 0.3 is 5.97 Å². The third kappa shape index (κ3) is 6.19. The average molecular weight is 671 g/mol. The Bertz CT molecular complexity index is 1120. The molecule has 9 heteroatoms. The van der Waals surface area contributed by atoms with Crippen molar-refractivity contribution in [2.75, 3.05) is 0 Å². The van der Waals surface area contributed by atoms with Crippen LogP contribution < -0.4 is 15.9 Å². The summed E-state index contributed by atoms with van der Waals surface area (Å²) in [4.78, 5) is 10.1. The Hall–Kier alpha value is -2.83. The molecule has 0 amide bonds. The normalized spacial score (nSPS) is 10.2. The van der Waals surface area contributed by atoms with Crippen LogP contribution in [-0.4, -0.2) is 11.1 Å². The molecule has 1 radical (unpaired) electrons. The van der Waals surface area contributed by atoms with Gasteiger partial charge in [-0.1, -0.05) is 91.0 Å². The van der Waals surface area contributed by atoms with Gasteiger partial charge in [0.05, 0.1) is 0 Å². The van der Waals surface area contributed by atoms with Gasteiger partial charge in [0.2, 0.25) is 5.82 Å². The summed E-state index contributed by atoms with van der Waals surface area (Å²) in [5, 5.41) is 12.3. The van der Waals surface area contributed by atoms with E-state index >= 15 is 0 Å². The molecule has 0 aromatic heterocycles. The van der Waals surface area contributed by atoms with Crippen LogP contribution in [0.2, 0.25) is 0 Å². The van der Waals surface area contributed by atoms with E-state index in [0.29, 0.717) is 0 Å². The molecule has 0 heterocycles. The summed E-state index contributed by atoms with van der Waals surface area (Å²) < 4.78 is 62.1. The second-order valence-electron chi connectivity index (χ2n) is 6.59. The number of hydrogen-bond donors (Lipinski definition) is 1. The quantitative estimate of drug-likeness (QED) is 0.102. The van der Waals surface area contributed by atoms with E-state index < -0.39 is 48.5 Å². The van der Waals surface area contributed by atoms with E-state index in [1.807, 2.05) is 0 Å². The van der Waals surface area contributed by atoms with E-state index in [0.717, 1.165) is 0 Å². The van der Waals surface area contributed by atoms with Crippen LogP contribution in [0.5, 0.6) is 0 Å². The predicted octanol–water partition coefficient (Wildman–Crippen LogP) is 5.52. The molecule has 0 saturated carbocycles. The maximum atomic E-state index is 12.6. The Morgan fingerprint density at radius 3 is 1.06 bits per heavy atom. The topological polar surface area (TPSA) is 37.3 Å². The number of halogens is 5. The Labute approximate surface area is 209 Å². The number of carboxylic acids is 1. The zero-order valence-electron chi connectivity index (χ0n) is 17.2. The Balaban J connectivity index is 0.000000245. The first-order chi connectivity index (χ1) is 15.8. The van der Waals surface area contributed by atoms with Gasteiger partial charge < -0.3 is 5.11 Å². The SMILES string of the molecule is O=C(O)c1c(F)c(F)c(F)c(F)c1F.[Au].c1ccc(P(c2ccccc2)c2ccccc2)cc1. The van der Waals surface area contributed by atoms with Gasteiger partial charge in [0.25, 0.3) is 0 Å². The van der Waals surface area contributed by atoms with Crippen molar-refractivity contribution in [1.82, 2.24) is 0 Å². The van der Waals surface area contributed by atoms with Crippen LogP contribution in [0.4, 0.5) is 22.0 Å². The van der Waals surface area contributed by atoms with Crippen molar-refractivity contribution in [3.63, 3.8) is 0 Å². The fourth-order valence-corrected chi connectivity index (χ4v) is 5.28. The van der Waals surface area contributed by atoms with Gasteiger partial charge in [-0.25, -0.2) is 26.7 Å². The van der Waals surface area contributed by atoms with Crippen LogP contribution in [-0.2, 0) is 22.4 Å². The molecule has 179 valence electrons. The summed E-state index contributed by atoms with van der Waals surface area (Å²) in [7, 11) is -0.446. The molecule has 4 aromatic rings. The fourth-order valence-electron chi connectivity index (χ4n) is 2.97. The number of benzene rings is 4. The summed E-state index contributed by atoms with van der Waals surface area (Å²) in [6.07, 6.45) is 0. The summed E-state index contributed by atoms with van der Waals surface area (Å²) in [5.41, 5.74) is -1.86. The predicted molar refractivity (Wildman–Crippen MR) is 118 cm³/mol. The van der Waals surface area contributed by atoms with Gasteiger partial charge in [-0.05, 0) is 23.8 Å². The molecule has 34 heavy (non-hydrogen) atoms. The summed E-state index contributed by atoms with van der Waals surface area (Å²) in [6.45, 7) is 0. The third-order valence-corrected chi connectivity index (χ3v) is 6.91. The van der Waals surface area contributed by atoms with Crippen LogP contribution in [0.3, 0.4) is 0 Å². The standard InChI is InChI=1S/C18H15P.C7HF5O2.Au/c1-4-10-16(11-5-1)19(17-12-6-2-7-13-17)18-14-8-3-9-15-18;8-2-1(7(13)14)3(9)5(11)6(12)4(2)10;/h1-15H;(H,13,14);. The van der Waals surface area contributed by atoms with Gasteiger partial charge in [0.1, 0.15) is 5.56 Å². The second kappa shape index (κ2) is 12.6. The van der Waals surface area contributed by atoms with Gasteiger partial charge in [-0.3, -0.25) is 0 Å².